The second-order valence-electron chi connectivity index (χ2n) is 6.94. The number of hydrogen-bond acceptors (Lipinski definition) is 4. The van der Waals surface area contributed by atoms with Crippen molar-refractivity contribution in [2.45, 2.75) is 19.4 Å². The van der Waals surface area contributed by atoms with Gasteiger partial charge < -0.3 is 14.6 Å². The Morgan fingerprint density at radius 3 is 2.81 bits per heavy atom. The molecule has 4 rings (SSSR count). The fourth-order valence-electron chi connectivity index (χ4n) is 3.63. The Labute approximate surface area is 156 Å². The first-order valence-corrected chi connectivity index (χ1v) is 9.10. The molecule has 7 nitrogen and oxygen atoms in total. The summed E-state index contributed by atoms with van der Waals surface area (Å²) in [6.45, 7) is 2.04. The molecule has 0 radical (unpaired) electrons. The summed E-state index contributed by atoms with van der Waals surface area (Å²) in [5, 5.41) is 0.991. The maximum atomic E-state index is 12.8. The van der Waals surface area contributed by atoms with E-state index in [1.165, 1.54) is 12.3 Å². The quantitative estimate of drug-likeness (QED) is 0.768. The first-order valence-electron chi connectivity index (χ1n) is 9.10. The number of H-pyrrole nitrogens is 1. The van der Waals surface area contributed by atoms with E-state index in [0.29, 0.717) is 31.2 Å². The Hall–Kier alpha value is -3.09. The molecule has 1 aliphatic heterocycles. The van der Waals surface area contributed by atoms with Crippen LogP contribution in [0.4, 0.5) is 0 Å². The van der Waals surface area contributed by atoms with Crippen LogP contribution in [0.15, 0.2) is 47.7 Å². The van der Waals surface area contributed by atoms with Crippen molar-refractivity contribution >= 4 is 16.8 Å². The highest BCUT2D eigenvalue weighted by Gasteiger charge is 2.25. The average molecular weight is 366 g/mol. The summed E-state index contributed by atoms with van der Waals surface area (Å²) in [6, 6.07) is 9.08. The molecule has 1 saturated heterocycles. The van der Waals surface area contributed by atoms with Crippen LogP contribution in [0.5, 0.6) is 5.75 Å². The Kier molecular flexibility index (Phi) is 4.66. The van der Waals surface area contributed by atoms with Gasteiger partial charge in [-0.15, -0.1) is 0 Å². The molecule has 0 spiro atoms. The number of fused-ring (bicyclic) bond motifs is 1. The number of aromatic amines is 1. The van der Waals surface area contributed by atoms with Crippen LogP contribution in [-0.2, 0) is 6.54 Å². The minimum atomic E-state index is -0.0305. The fraction of sp³-hybridized carbons (Fsp3) is 0.350. The summed E-state index contributed by atoms with van der Waals surface area (Å²) in [5.74, 6) is 1.15. The molecule has 0 unspecified atom stereocenters. The van der Waals surface area contributed by atoms with Crippen molar-refractivity contribution in [3.05, 3.63) is 58.9 Å². The molecule has 3 aromatic rings. The van der Waals surface area contributed by atoms with Crippen molar-refractivity contribution in [1.82, 2.24) is 19.4 Å². The number of nitrogens with one attached hydrogen (secondary N) is 1. The van der Waals surface area contributed by atoms with E-state index in [2.05, 4.69) is 9.97 Å². The lowest BCUT2D eigenvalue weighted by molar-refractivity contribution is 0.0677. The second-order valence-corrected chi connectivity index (χ2v) is 6.94. The third-order valence-corrected chi connectivity index (χ3v) is 5.21. The van der Waals surface area contributed by atoms with E-state index in [1.807, 2.05) is 29.2 Å². The van der Waals surface area contributed by atoms with Gasteiger partial charge in [-0.25, -0.2) is 4.98 Å². The number of piperidine rings is 1. The normalized spacial score (nSPS) is 15.2. The van der Waals surface area contributed by atoms with Gasteiger partial charge in [-0.05, 0) is 37.0 Å². The molecule has 1 aliphatic rings. The number of aromatic nitrogens is 3. The zero-order valence-corrected chi connectivity index (χ0v) is 15.2. The second kappa shape index (κ2) is 7.26. The first-order chi connectivity index (χ1) is 13.1. The summed E-state index contributed by atoms with van der Waals surface area (Å²) in [5.41, 5.74) is 1.46. The van der Waals surface area contributed by atoms with Gasteiger partial charge in [0.05, 0.1) is 13.4 Å². The smallest absolute Gasteiger partial charge is 0.270 e. The zero-order chi connectivity index (χ0) is 18.8. The number of hydrogen-bond donors (Lipinski definition) is 1. The number of likely N-dealkylation sites (tertiary alicyclic amines) is 1. The number of ether oxygens (including phenoxy) is 1. The largest absolute Gasteiger partial charge is 0.497 e. The number of methoxy groups -OCH3 is 1. The summed E-state index contributed by atoms with van der Waals surface area (Å²) < 4.78 is 6.88. The number of nitrogens with zero attached hydrogens (tertiary/aromatic N) is 3. The van der Waals surface area contributed by atoms with Crippen molar-refractivity contribution in [2.24, 2.45) is 5.92 Å². The van der Waals surface area contributed by atoms with Gasteiger partial charge in [0.15, 0.2) is 0 Å². The van der Waals surface area contributed by atoms with Crippen LogP contribution in [0.25, 0.3) is 10.9 Å². The van der Waals surface area contributed by atoms with Gasteiger partial charge in [0.2, 0.25) is 0 Å². The van der Waals surface area contributed by atoms with Crippen LogP contribution in [0.3, 0.4) is 0 Å². The SMILES string of the molecule is COc1ccc2cc(C(=O)N3CCC(Cn4cnccc4=O)CC3)[nH]c2c1. The summed E-state index contributed by atoms with van der Waals surface area (Å²) in [6.07, 6.45) is 4.84. The maximum Gasteiger partial charge on any atom is 0.270 e. The Bertz CT molecular complexity index is 1020. The molecule has 140 valence electrons. The summed E-state index contributed by atoms with van der Waals surface area (Å²) in [7, 11) is 1.62. The lowest BCUT2D eigenvalue weighted by Gasteiger charge is -2.31. The fourth-order valence-corrected chi connectivity index (χ4v) is 3.63. The molecule has 1 fully saturated rings. The molecule has 3 heterocycles. The summed E-state index contributed by atoms with van der Waals surface area (Å²) >= 11 is 0. The van der Waals surface area contributed by atoms with Gasteiger partial charge in [-0.1, -0.05) is 0 Å². The van der Waals surface area contributed by atoms with Crippen molar-refractivity contribution < 1.29 is 9.53 Å². The van der Waals surface area contributed by atoms with Gasteiger partial charge in [0.25, 0.3) is 11.5 Å². The van der Waals surface area contributed by atoms with Crippen LogP contribution in [0.1, 0.15) is 23.3 Å². The van der Waals surface area contributed by atoms with Crippen LogP contribution >= 0.6 is 0 Å². The van der Waals surface area contributed by atoms with Crippen molar-refractivity contribution in [1.29, 1.82) is 0 Å². The molecular weight excluding hydrogens is 344 g/mol. The molecule has 2 aromatic heterocycles. The lowest BCUT2D eigenvalue weighted by Crippen LogP contribution is -2.40. The van der Waals surface area contributed by atoms with E-state index in [0.717, 1.165) is 29.5 Å². The molecule has 0 atom stereocenters. The number of rotatable bonds is 4. The highest BCUT2D eigenvalue weighted by atomic mass is 16.5. The molecule has 1 N–H and O–H groups in total. The van der Waals surface area contributed by atoms with Gasteiger partial charge in [-0.2, -0.15) is 0 Å². The Morgan fingerprint density at radius 2 is 2.07 bits per heavy atom. The predicted octanol–water partition coefficient (Wildman–Crippen LogP) is 2.29. The first kappa shape index (κ1) is 17.3. The van der Waals surface area contributed by atoms with Gasteiger partial charge in [-0.3, -0.25) is 14.2 Å². The average Bonchev–Trinajstić information content (AvgIpc) is 3.13. The van der Waals surface area contributed by atoms with E-state index in [9.17, 15) is 9.59 Å². The molecule has 0 aliphatic carbocycles. The maximum absolute atomic E-state index is 12.8. The predicted molar refractivity (Wildman–Crippen MR) is 102 cm³/mol. The standard InChI is InChI=1S/C20H22N4O3/c1-27-16-3-2-15-10-18(22-17(15)11-16)20(26)23-8-5-14(6-9-23)12-24-13-21-7-4-19(24)25/h2-4,7,10-11,13-14,22H,5-6,8-9,12H2,1H3. The van der Waals surface area contributed by atoms with Crippen LogP contribution in [-0.4, -0.2) is 45.5 Å². The number of amides is 1. The minimum Gasteiger partial charge on any atom is -0.497 e. The van der Waals surface area contributed by atoms with Crippen molar-refractivity contribution in [2.75, 3.05) is 20.2 Å². The van der Waals surface area contributed by atoms with E-state index in [-0.39, 0.29) is 11.5 Å². The highest BCUT2D eigenvalue weighted by Crippen LogP contribution is 2.24. The number of carbonyl (C=O) groups is 1. The van der Waals surface area contributed by atoms with E-state index >= 15 is 0 Å². The van der Waals surface area contributed by atoms with E-state index in [1.54, 1.807) is 18.0 Å². The van der Waals surface area contributed by atoms with Gasteiger partial charge in [0, 0.05) is 48.9 Å². The van der Waals surface area contributed by atoms with Gasteiger partial charge in [0.1, 0.15) is 11.4 Å². The van der Waals surface area contributed by atoms with Crippen molar-refractivity contribution in [3.63, 3.8) is 0 Å². The third kappa shape index (κ3) is 3.58. The van der Waals surface area contributed by atoms with Crippen LogP contribution in [0.2, 0.25) is 0 Å². The molecule has 7 heteroatoms. The molecule has 1 amide bonds. The Balaban J connectivity index is 1.41. The van der Waals surface area contributed by atoms with E-state index in [4.69, 9.17) is 4.74 Å². The number of benzene rings is 1. The lowest BCUT2D eigenvalue weighted by atomic mass is 9.96. The number of carbonyl (C=O) groups excluding carboxylic acids is 1. The molecular formula is C20H22N4O3. The minimum absolute atomic E-state index is 0.0159. The monoisotopic (exact) mass is 366 g/mol. The van der Waals surface area contributed by atoms with Crippen LogP contribution in [0, 0.1) is 5.92 Å². The topological polar surface area (TPSA) is 80.2 Å². The summed E-state index contributed by atoms with van der Waals surface area (Å²) in [4.78, 5) is 33.8. The van der Waals surface area contributed by atoms with Gasteiger partial charge >= 0.3 is 0 Å². The molecule has 27 heavy (non-hydrogen) atoms. The molecule has 0 bridgehead atoms. The van der Waals surface area contributed by atoms with E-state index < -0.39 is 0 Å². The van der Waals surface area contributed by atoms with Crippen LogP contribution < -0.4 is 10.3 Å². The zero-order valence-electron chi connectivity index (χ0n) is 15.2. The Morgan fingerprint density at radius 1 is 1.26 bits per heavy atom. The molecule has 0 saturated carbocycles. The third-order valence-electron chi connectivity index (χ3n) is 5.21. The molecule has 1 aromatic carbocycles. The highest BCUT2D eigenvalue weighted by molar-refractivity contribution is 5.98. The van der Waals surface area contributed by atoms with Crippen molar-refractivity contribution in [3.8, 4) is 5.75 Å².